The predicted molar refractivity (Wildman–Crippen MR) is 233 cm³/mol. The van der Waals surface area contributed by atoms with Crippen LogP contribution in [0.1, 0.15) is 83.0 Å². The molecular weight excluding hydrogens is 862 g/mol. The molecule has 7 N–H and O–H groups in total. The Labute approximate surface area is 366 Å². The lowest BCUT2D eigenvalue weighted by Gasteiger charge is -2.15. The van der Waals surface area contributed by atoms with E-state index in [9.17, 15) is 33.6 Å². The lowest BCUT2D eigenvalue weighted by Crippen LogP contribution is -2.30. The lowest BCUT2D eigenvalue weighted by molar-refractivity contribution is 0.0627. The summed E-state index contributed by atoms with van der Waals surface area (Å²) in [4.78, 5) is 90.9. The van der Waals surface area contributed by atoms with Crippen molar-refractivity contribution in [3.05, 3.63) is 172 Å². The first-order chi connectivity index (χ1) is 29.3. The highest BCUT2D eigenvalue weighted by Crippen LogP contribution is 2.33. The van der Waals surface area contributed by atoms with E-state index in [2.05, 4.69) is 16.0 Å². The number of anilines is 2. The molecule has 8 rings (SSSR count). The number of benzene rings is 4. The maximum atomic E-state index is 13.1. The third-order valence-electron chi connectivity index (χ3n) is 9.46. The number of hydrogen-bond donors (Lipinski definition) is 5. The van der Waals surface area contributed by atoms with Crippen LogP contribution < -0.4 is 27.4 Å². The Balaban J connectivity index is 0.000000185. The molecule has 2 aromatic heterocycles. The molecule has 308 valence electrons. The van der Waals surface area contributed by atoms with Crippen LogP contribution in [0, 0.1) is 0 Å². The summed E-state index contributed by atoms with van der Waals surface area (Å²) >= 11 is 14.0. The third-order valence-corrected chi connectivity index (χ3v) is 11.9. The quantitative estimate of drug-likeness (QED) is 0.0818. The van der Waals surface area contributed by atoms with Crippen LogP contribution in [0.3, 0.4) is 0 Å². The van der Waals surface area contributed by atoms with Gasteiger partial charge in [-0.2, -0.15) is 0 Å². The van der Waals surface area contributed by atoms with E-state index in [1.54, 1.807) is 84.9 Å². The van der Waals surface area contributed by atoms with Gasteiger partial charge in [-0.1, -0.05) is 83.9 Å². The Morgan fingerprint density at radius 2 is 0.984 bits per heavy atom. The van der Waals surface area contributed by atoms with Crippen molar-refractivity contribution < 1.29 is 33.6 Å². The number of halogens is 2. The molecule has 18 heteroatoms. The summed E-state index contributed by atoms with van der Waals surface area (Å²) in [6.07, 6.45) is 0. The second-order valence-corrected chi connectivity index (χ2v) is 17.0. The van der Waals surface area contributed by atoms with E-state index in [1.165, 1.54) is 4.90 Å². The van der Waals surface area contributed by atoms with Crippen molar-refractivity contribution in [1.29, 1.82) is 0 Å². The van der Waals surface area contributed by atoms with Crippen molar-refractivity contribution >= 4 is 98.7 Å². The number of primary amides is 1. The van der Waals surface area contributed by atoms with Crippen molar-refractivity contribution in [2.45, 2.75) is 26.2 Å². The van der Waals surface area contributed by atoms with Gasteiger partial charge in [-0.05, 0) is 70.8 Å². The molecule has 0 atom stereocenters. The highest BCUT2D eigenvalue weighted by Gasteiger charge is 2.39. The number of thiophene rings is 2. The summed E-state index contributed by atoms with van der Waals surface area (Å²) in [6, 6.07) is 29.9. The largest absolute Gasteiger partial charge is 0.352 e. The molecule has 0 radical (unpaired) electrons. The first-order valence-electron chi connectivity index (χ1n) is 18.3. The molecule has 0 unspecified atom stereocenters. The summed E-state index contributed by atoms with van der Waals surface area (Å²) in [5.74, 6) is -2.57. The number of carbonyl (C=O) groups is 7. The van der Waals surface area contributed by atoms with E-state index in [4.69, 9.17) is 34.7 Å². The maximum absolute atomic E-state index is 13.1. The monoisotopic (exact) mass is 893 g/mol. The average molecular weight is 895 g/mol. The second-order valence-electron chi connectivity index (χ2n) is 13.5. The smallest absolute Gasteiger partial charge is 0.312 e. The number of amides is 8. The van der Waals surface area contributed by atoms with Gasteiger partial charge in [-0.25, -0.2) is 4.79 Å². The number of carbonyl (C=O) groups excluding carboxylic acids is 7. The summed E-state index contributed by atoms with van der Waals surface area (Å²) in [5, 5.41) is 7.93. The number of imide groups is 2. The molecule has 6 aromatic rings. The number of nitrogens with one attached hydrogen (secondary N) is 3. The zero-order valence-corrected chi connectivity index (χ0v) is 34.8. The summed E-state index contributed by atoms with van der Waals surface area (Å²) in [7, 11) is 0. The van der Waals surface area contributed by atoms with Gasteiger partial charge in [0.2, 0.25) is 0 Å². The van der Waals surface area contributed by atoms with Gasteiger partial charge in [0, 0.05) is 13.1 Å². The van der Waals surface area contributed by atoms with E-state index < -0.39 is 35.6 Å². The highest BCUT2D eigenvalue weighted by atomic mass is 35.5. The van der Waals surface area contributed by atoms with Crippen LogP contribution in [-0.2, 0) is 26.2 Å². The maximum Gasteiger partial charge on any atom is 0.312 e. The van der Waals surface area contributed by atoms with Crippen LogP contribution in [0.15, 0.2) is 109 Å². The second kappa shape index (κ2) is 18.3. The van der Waals surface area contributed by atoms with Gasteiger partial charge in [0.1, 0.15) is 0 Å². The Morgan fingerprint density at radius 3 is 1.41 bits per heavy atom. The molecule has 0 saturated heterocycles. The van der Waals surface area contributed by atoms with Gasteiger partial charge < -0.3 is 27.4 Å². The number of nitrogens with two attached hydrogens (primary N) is 2. The standard InChI is InChI=1S/C22H17ClN4O4S.C21H16ClN3O3S/c23-17-8-7-16(32-17)19(28)26-15-6-2-5-14-18(15)21(30)27(20(14)29)11-13-4-1-3-12(9-13)10-25-22(24)31;22-17-8-7-16(29-17)19(26)24-15-6-2-5-14-18(15)21(28)25(20(14)27)11-13-4-1-3-12(9-13)10-23/h1-9H,10-11H2,(H,26,28)(H3,24,25,31);1-9H,10-11,23H2,(H,24,26). The van der Waals surface area contributed by atoms with Crippen molar-refractivity contribution in [3.8, 4) is 0 Å². The fourth-order valence-electron chi connectivity index (χ4n) is 6.65. The Morgan fingerprint density at radius 1 is 0.557 bits per heavy atom. The molecule has 2 aliphatic rings. The van der Waals surface area contributed by atoms with Crippen LogP contribution in [0.2, 0.25) is 8.67 Å². The van der Waals surface area contributed by atoms with Crippen LogP contribution in [0.5, 0.6) is 0 Å². The normalized spacial score (nSPS) is 12.8. The fraction of sp³-hybridized carbons (Fsp3) is 0.0930. The molecular formula is C43H33Cl2N7O7S2. The average Bonchev–Trinajstić information content (AvgIpc) is 4.01. The molecule has 61 heavy (non-hydrogen) atoms. The molecule has 0 fully saturated rings. The van der Waals surface area contributed by atoms with Crippen LogP contribution in [-0.4, -0.2) is 51.3 Å². The minimum Gasteiger partial charge on any atom is -0.352 e. The van der Waals surface area contributed by atoms with Crippen LogP contribution in [0.25, 0.3) is 0 Å². The number of fused-ring (bicyclic) bond motifs is 2. The van der Waals surface area contributed by atoms with Crippen LogP contribution in [0.4, 0.5) is 16.2 Å². The minimum absolute atomic E-state index is 0.0463. The van der Waals surface area contributed by atoms with Crippen molar-refractivity contribution in [2.24, 2.45) is 11.5 Å². The Bertz CT molecular complexity index is 2770. The van der Waals surface area contributed by atoms with E-state index in [1.807, 2.05) is 24.3 Å². The van der Waals surface area contributed by atoms with E-state index in [0.717, 1.165) is 44.3 Å². The number of urea groups is 1. The van der Waals surface area contributed by atoms with Crippen molar-refractivity contribution in [1.82, 2.24) is 15.1 Å². The topological polar surface area (TPSA) is 214 Å². The molecule has 4 heterocycles. The van der Waals surface area contributed by atoms with Gasteiger partial charge in [-0.15, -0.1) is 22.7 Å². The van der Waals surface area contributed by atoms with Gasteiger partial charge in [0.05, 0.1) is 65.1 Å². The molecule has 4 aromatic carbocycles. The minimum atomic E-state index is -0.643. The Kier molecular flexibility index (Phi) is 12.7. The lowest BCUT2D eigenvalue weighted by atomic mass is 10.1. The SMILES string of the molecule is NC(=O)NCc1cccc(CN2C(=O)c3cccc(NC(=O)c4ccc(Cl)s4)c3C2=O)c1.NCc1cccc(CN2C(=O)c3cccc(NC(=O)c4ccc(Cl)s4)c3C2=O)c1. The molecule has 14 nitrogen and oxygen atoms in total. The zero-order chi connectivity index (χ0) is 43.4. The zero-order valence-electron chi connectivity index (χ0n) is 31.7. The van der Waals surface area contributed by atoms with Gasteiger partial charge in [0.25, 0.3) is 35.4 Å². The van der Waals surface area contributed by atoms with Crippen molar-refractivity contribution in [2.75, 3.05) is 10.6 Å². The number of rotatable bonds is 11. The van der Waals surface area contributed by atoms with Crippen LogP contribution >= 0.6 is 45.9 Å². The molecule has 2 aliphatic heterocycles. The third kappa shape index (κ3) is 9.38. The molecule has 0 saturated carbocycles. The van der Waals surface area contributed by atoms with E-state index >= 15 is 0 Å². The Hall–Kier alpha value is -6.69. The molecule has 0 spiro atoms. The molecule has 0 aliphatic carbocycles. The fourth-order valence-corrected chi connectivity index (χ4v) is 8.53. The van der Waals surface area contributed by atoms with Gasteiger partial charge in [0.15, 0.2) is 0 Å². The van der Waals surface area contributed by atoms with E-state index in [0.29, 0.717) is 36.2 Å². The van der Waals surface area contributed by atoms with Gasteiger partial charge >= 0.3 is 6.03 Å². The first kappa shape index (κ1) is 42.4. The first-order valence-corrected chi connectivity index (χ1v) is 20.7. The summed E-state index contributed by atoms with van der Waals surface area (Å²) < 4.78 is 0.963. The van der Waals surface area contributed by atoms with Crippen molar-refractivity contribution in [3.63, 3.8) is 0 Å². The predicted octanol–water partition coefficient (Wildman–Crippen LogP) is 7.53. The highest BCUT2D eigenvalue weighted by molar-refractivity contribution is 7.18. The van der Waals surface area contributed by atoms with Gasteiger partial charge in [-0.3, -0.25) is 38.6 Å². The number of nitrogens with zero attached hydrogens (tertiary/aromatic N) is 2. The van der Waals surface area contributed by atoms with E-state index in [-0.39, 0.29) is 53.5 Å². The summed E-state index contributed by atoms with van der Waals surface area (Å²) in [5.41, 5.74) is 15.4. The number of hydrogen-bond acceptors (Lipinski definition) is 10. The molecule has 8 amide bonds. The molecule has 0 bridgehead atoms. The summed E-state index contributed by atoms with van der Waals surface area (Å²) in [6.45, 7) is 0.784.